The molecule has 1 heterocycles. The number of nitrogens with zero attached hydrogens (tertiary/aromatic N) is 2. The molecule has 0 aliphatic heterocycles. The molecule has 5 heteroatoms. The standard InChI is InChI=1S/C21H20BrN3O/c1-14-11-19(9-10-20(14)22)25-15(2)12-18(16(25)3)13-23-24-21(26)17-7-5-4-6-8-17/h4-13H,1-3H3,(H,24,26)/b23-13+. The van der Waals surface area contributed by atoms with Crippen LogP contribution in [0.25, 0.3) is 5.69 Å². The van der Waals surface area contributed by atoms with Gasteiger partial charge in [-0.1, -0.05) is 34.1 Å². The van der Waals surface area contributed by atoms with Crippen molar-refractivity contribution in [2.75, 3.05) is 0 Å². The lowest BCUT2D eigenvalue weighted by molar-refractivity contribution is 0.0955. The zero-order valence-electron chi connectivity index (χ0n) is 15.0. The van der Waals surface area contributed by atoms with Crippen LogP contribution in [0.2, 0.25) is 0 Å². The molecule has 0 saturated carbocycles. The molecule has 132 valence electrons. The molecule has 0 saturated heterocycles. The number of aryl methyl sites for hydroxylation is 2. The van der Waals surface area contributed by atoms with Crippen LogP contribution in [0.3, 0.4) is 0 Å². The quantitative estimate of drug-likeness (QED) is 0.481. The number of carbonyl (C=O) groups is 1. The van der Waals surface area contributed by atoms with E-state index in [0.717, 1.165) is 27.1 Å². The molecule has 0 radical (unpaired) electrons. The van der Waals surface area contributed by atoms with Crippen LogP contribution in [0, 0.1) is 20.8 Å². The summed E-state index contributed by atoms with van der Waals surface area (Å²) in [5.74, 6) is -0.223. The highest BCUT2D eigenvalue weighted by Gasteiger charge is 2.10. The summed E-state index contributed by atoms with van der Waals surface area (Å²) in [7, 11) is 0. The van der Waals surface area contributed by atoms with Gasteiger partial charge >= 0.3 is 0 Å². The molecule has 1 amide bonds. The van der Waals surface area contributed by atoms with E-state index >= 15 is 0 Å². The Morgan fingerprint density at radius 3 is 2.50 bits per heavy atom. The molecule has 3 aromatic rings. The maximum Gasteiger partial charge on any atom is 0.271 e. The van der Waals surface area contributed by atoms with Crippen LogP contribution < -0.4 is 5.43 Å². The Labute approximate surface area is 161 Å². The van der Waals surface area contributed by atoms with Crippen LogP contribution in [0.4, 0.5) is 0 Å². The molecule has 26 heavy (non-hydrogen) atoms. The van der Waals surface area contributed by atoms with Crippen LogP contribution >= 0.6 is 15.9 Å². The second kappa shape index (κ2) is 7.70. The zero-order valence-corrected chi connectivity index (χ0v) is 16.5. The van der Waals surface area contributed by atoms with Crippen molar-refractivity contribution in [1.82, 2.24) is 9.99 Å². The first kappa shape index (κ1) is 18.1. The number of benzene rings is 2. The average molecular weight is 410 g/mol. The second-order valence-corrected chi connectivity index (χ2v) is 7.01. The van der Waals surface area contributed by atoms with Gasteiger partial charge in [0.1, 0.15) is 0 Å². The van der Waals surface area contributed by atoms with Gasteiger partial charge in [-0.3, -0.25) is 4.79 Å². The molecular formula is C21H20BrN3O. The fourth-order valence-electron chi connectivity index (χ4n) is 2.90. The lowest BCUT2D eigenvalue weighted by atomic mass is 10.2. The van der Waals surface area contributed by atoms with Crippen molar-refractivity contribution in [3.8, 4) is 5.69 Å². The highest BCUT2D eigenvalue weighted by atomic mass is 79.9. The number of carbonyl (C=O) groups excluding carboxylic acids is 1. The Hall–Kier alpha value is -2.66. The molecule has 0 spiro atoms. The minimum absolute atomic E-state index is 0.223. The number of nitrogens with one attached hydrogen (secondary N) is 1. The number of aromatic nitrogens is 1. The number of hydrazone groups is 1. The minimum atomic E-state index is -0.223. The highest BCUT2D eigenvalue weighted by molar-refractivity contribution is 9.10. The zero-order chi connectivity index (χ0) is 18.7. The summed E-state index contributed by atoms with van der Waals surface area (Å²) in [6.45, 7) is 6.18. The fourth-order valence-corrected chi connectivity index (χ4v) is 3.14. The minimum Gasteiger partial charge on any atom is -0.318 e. The summed E-state index contributed by atoms with van der Waals surface area (Å²) in [5, 5.41) is 4.11. The normalized spacial score (nSPS) is 11.1. The van der Waals surface area contributed by atoms with Crippen molar-refractivity contribution in [3.05, 3.63) is 87.1 Å². The maximum absolute atomic E-state index is 12.0. The van der Waals surface area contributed by atoms with Gasteiger partial charge in [0.05, 0.1) is 6.21 Å². The van der Waals surface area contributed by atoms with Gasteiger partial charge in [0.15, 0.2) is 0 Å². The summed E-state index contributed by atoms with van der Waals surface area (Å²) < 4.78 is 3.27. The maximum atomic E-state index is 12.0. The third kappa shape index (κ3) is 3.78. The topological polar surface area (TPSA) is 46.4 Å². The van der Waals surface area contributed by atoms with E-state index in [4.69, 9.17) is 0 Å². The van der Waals surface area contributed by atoms with Gasteiger partial charge in [-0.2, -0.15) is 5.10 Å². The summed E-state index contributed by atoms with van der Waals surface area (Å²) in [6.07, 6.45) is 1.69. The third-order valence-corrected chi connectivity index (χ3v) is 5.17. The van der Waals surface area contributed by atoms with E-state index in [1.54, 1.807) is 18.3 Å². The SMILES string of the molecule is Cc1cc(-n2c(C)cc(/C=N/NC(=O)c3ccccc3)c2C)ccc1Br. The summed E-state index contributed by atoms with van der Waals surface area (Å²) in [6, 6.07) is 17.4. The Morgan fingerprint density at radius 2 is 1.81 bits per heavy atom. The van der Waals surface area contributed by atoms with Crippen molar-refractivity contribution < 1.29 is 4.79 Å². The van der Waals surface area contributed by atoms with E-state index in [1.807, 2.05) is 25.1 Å². The van der Waals surface area contributed by atoms with Gasteiger partial charge in [-0.05, 0) is 62.7 Å². The number of rotatable bonds is 4. The third-order valence-electron chi connectivity index (χ3n) is 4.28. The van der Waals surface area contributed by atoms with E-state index < -0.39 is 0 Å². The number of halogens is 1. The van der Waals surface area contributed by atoms with Gasteiger partial charge in [-0.15, -0.1) is 0 Å². The largest absolute Gasteiger partial charge is 0.318 e. The Kier molecular flexibility index (Phi) is 5.38. The van der Waals surface area contributed by atoms with Crippen molar-refractivity contribution in [2.24, 2.45) is 5.10 Å². The molecule has 0 fully saturated rings. The first-order chi connectivity index (χ1) is 12.5. The number of hydrogen-bond acceptors (Lipinski definition) is 2. The van der Waals surface area contributed by atoms with Crippen LogP contribution in [0.5, 0.6) is 0 Å². The highest BCUT2D eigenvalue weighted by Crippen LogP contribution is 2.24. The lowest BCUT2D eigenvalue weighted by Gasteiger charge is -2.11. The van der Waals surface area contributed by atoms with Crippen LogP contribution in [0.1, 0.15) is 32.9 Å². The molecule has 0 atom stereocenters. The first-order valence-corrected chi connectivity index (χ1v) is 9.10. The van der Waals surface area contributed by atoms with Crippen molar-refractivity contribution in [1.29, 1.82) is 0 Å². The first-order valence-electron chi connectivity index (χ1n) is 8.31. The van der Waals surface area contributed by atoms with Crippen LogP contribution in [-0.4, -0.2) is 16.7 Å². The van der Waals surface area contributed by atoms with E-state index in [1.165, 1.54) is 5.56 Å². The van der Waals surface area contributed by atoms with Gasteiger partial charge < -0.3 is 4.57 Å². The van der Waals surface area contributed by atoms with Crippen LogP contribution in [0.15, 0.2) is 64.2 Å². The van der Waals surface area contributed by atoms with Crippen molar-refractivity contribution in [2.45, 2.75) is 20.8 Å². The second-order valence-electron chi connectivity index (χ2n) is 6.16. The number of hydrogen-bond donors (Lipinski definition) is 1. The average Bonchev–Trinajstić information content (AvgIpc) is 2.92. The molecule has 1 N–H and O–H groups in total. The molecule has 0 unspecified atom stereocenters. The molecule has 3 rings (SSSR count). The van der Waals surface area contributed by atoms with Crippen molar-refractivity contribution in [3.63, 3.8) is 0 Å². The molecule has 0 aliphatic carbocycles. The van der Waals surface area contributed by atoms with Gasteiger partial charge in [0, 0.05) is 32.7 Å². The van der Waals surface area contributed by atoms with E-state index in [9.17, 15) is 4.79 Å². The lowest BCUT2D eigenvalue weighted by Crippen LogP contribution is -2.17. The number of amides is 1. The molecule has 0 bridgehead atoms. The monoisotopic (exact) mass is 409 g/mol. The van der Waals surface area contributed by atoms with E-state index in [0.29, 0.717) is 5.56 Å². The van der Waals surface area contributed by atoms with Gasteiger partial charge in [0.2, 0.25) is 0 Å². The molecular weight excluding hydrogens is 390 g/mol. The van der Waals surface area contributed by atoms with Gasteiger partial charge in [0.25, 0.3) is 5.91 Å². The Bertz CT molecular complexity index is 974. The molecule has 1 aromatic heterocycles. The van der Waals surface area contributed by atoms with Crippen LogP contribution in [-0.2, 0) is 0 Å². The smallest absolute Gasteiger partial charge is 0.271 e. The van der Waals surface area contributed by atoms with Gasteiger partial charge in [-0.25, -0.2) is 5.43 Å². The molecule has 4 nitrogen and oxygen atoms in total. The van der Waals surface area contributed by atoms with E-state index in [2.05, 4.69) is 69.1 Å². The Morgan fingerprint density at radius 1 is 1.08 bits per heavy atom. The predicted molar refractivity (Wildman–Crippen MR) is 109 cm³/mol. The molecule has 2 aromatic carbocycles. The molecule has 0 aliphatic rings. The Balaban J connectivity index is 1.81. The predicted octanol–water partition coefficient (Wildman–Crippen LogP) is 4.93. The summed E-state index contributed by atoms with van der Waals surface area (Å²) in [5.41, 5.74) is 8.60. The fraction of sp³-hybridized carbons (Fsp3) is 0.143. The van der Waals surface area contributed by atoms with E-state index in [-0.39, 0.29) is 5.91 Å². The summed E-state index contributed by atoms with van der Waals surface area (Å²) in [4.78, 5) is 12.0. The van der Waals surface area contributed by atoms with Crippen molar-refractivity contribution >= 4 is 28.1 Å². The summed E-state index contributed by atoms with van der Waals surface area (Å²) >= 11 is 3.54.